The molecular weight excluding hydrogens is 227 g/mol. The Kier molecular flexibility index (Phi) is 5.00. The second-order valence-electron chi connectivity index (χ2n) is 4.10. The van der Waals surface area contributed by atoms with Crippen molar-refractivity contribution in [3.8, 4) is 0 Å². The number of rotatable bonds is 5. The summed E-state index contributed by atoms with van der Waals surface area (Å²) in [5, 5.41) is 3.19. The van der Waals surface area contributed by atoms with Crippen LogP contribution in [0.25, 0.3) is 0 Å². The number of benzene rings is 1. The van der Waals surface area contributed by atoms with Crippen LogP contribution in [0.5, 0.6) is 0 Å². The average molecular weight is 245 g/mol. The molecule has 1 aromatic carbocycles. The Labute approximate surface area is 100 Å². The predicted molar refractivity (Wildman–Crippen MR) is 63.0 cm³/mol. The van der Waals surface area contributed by atoms with E-state index in [0.29, 0.717) is 0 Å². The molecule has 0 unspecified atom stereocenters. The zero-order chi connectivity index (χ0) is 12.9. The maximum Gasteiger partial charge on any atom is 0.416 e. The van der Waals surface area contributed by atoms with Crippen LogP contribution < -0.4 is 5.32 Å². The summed E-state index contributed by atoms with van der Waals surface area (Å²) in [7, 11) is 0. The van der Waals surface area contributed by atoms with Crippen molar-refractivity contribution in [1.29, 1.82) is 0 Å². The van der Waals surface area contributed by atoms with E-state index in [4.69, 9.17) is 0 Å². The van der Waals surface area contributed by atoms with Gasteiger partial charge in [-0.2, -0.15) is 13.2 Å². The van der Waals surface area contributed by atoms with Crippen LogP contribution in [0.3, 0.4) is 0 Å². The monoisotopic (exact) mass is 245 g/mol. The minimum Gasteiger partial charge on any atom is -0.317 e. The fraction of sp³-hybridized carbons (Fsp3) is 0.538. The first-order chi connectivity index (χ1) is 7.95. The summed E-state index contributed by atoms with van der Waals surface area (Å²) < 4.78 is 37.3. The van der Waals surface area contributed by atoms with Crippen LogP contribution in [0, 0.1) is 6.92 Å². The molecular formula is C13H18F3N. The van der Waals surface area contributed by atoms with Gasteiger partial charge in [0.25, 0.3) is 0 Å². The highest BCUT2D eigenvalue weighted by Crippen LogP contribution is 2.30. The molecule has 0 amide bonds. The van der Waals surface area contributed by atoms with Gasteiger partial charge in [-0.15, -0.1) is 0 Å². The molecule has 0 aromatic heterocycles. The van der Waals surface area contributed by atoms with E-state index in [1.807, 2.05) is 6.92 Å². The number of aryl methyl sites for hydroxylation is 2. The molecule has 0 atom stereocenters. The van der Waals surface area contributed by atoms with Crippen LogP contribution in [-0.2, 0) is 12.6 Å². The summed E-state index contributed by atoms with van der Waals surface area (Å²) >= 11 is 0. The van der Waals surface area contributed by atoms with Gasteiger partial charge >= 0.3 is 6.18 Å². The Morgan fingerprint density at radius 2 is 1.94 bits per heavy atom. The van der Waals surface area contributed by atoms with E-state index >= 15 is 0 Å². The Bertz CT molecular complexity index is 358. The molecule has 0 fully saturated rings. The highest BCUT2D eigenvalue weighted by Gasteiger charge is 2.30. The van der Waals surface area contributed by atoms with Crippen molar-refractivity contribution in [3.63, 3.8) is 0 Å². The number of alkyl halides is 3. The van der Waals surface area contributed by atoms with E-state index in [1.54, 1.807) is 13.0 Å². The van der Waals surface area contributed by atoms with Gasteiger partial charge in [0, 0.05) is 0 Å². The molecule has 0 saturated carbocycles. The summed E-state index contributed by atoms with van der Waals surface area (Å²) in [5.74, 6) is 0. The van der Waals surface area contributed by atoms with Gasteiger partial charge in [-0.25, -0.2) is 0 Å². The number of halogens is 3. The zero-order valence-electron chi connectivity index (χ0n) is 10.2. The molecule has 0 heterocycles. The Morgan fingerprint density at radius 1 is 1.24 bits per heavy atom. The first-order valence-corrected chi connectivity index (χ1v) is 5.82. The molecule has 1 aromatic rings. The minimum absolute atomic E-state index is 0.564. The fourth-order valence-electron chi connectivity index (χ4n) is 1.73. The predicted octanol–water partition coefficient (Wildman–Crippen LogP) is 3.56. The lowest BCUT2D eigenvalue weighted by atomic mass is 10.0. The number of nitrogens with one attached hydrogen (secondary N) is 1. The molecule has 17 heavy (non-hydrogen) atoms. The lowest BCUT2D eigenvalue weighted by Crippen LogP contribution is -2.14. The van der Waals surface area contributed by atoms with Crippen molar-refractivity contribution in [2.75, 3.05) is 13.1 Å². The van der Waals surface area contributed by atoms with Crippen molar-refractivity contribution >= 4 is 0 Å². The van der Waals surface area contributed by atoms with E-state index in [2.05, 4.69) is 5.32 Å². The second kappa shape index (κ2) is 6.05. The third-order valence-electron chi connectivity index (χ3n) is 2.72. The summed E-state index contributed by atoms with van der Waals surface area (Å²) in [6, 6.07) is 3.97. The van der Waals surface area contributed by atoms with Crippen LogP contribution in [-0.4, -0.2) is 13.1 Å². The molecule has 0 aliphatic heterocycles. The number of hydrogen-bond donors (Lipinski definition) is 1. The van der Waals surface area contributed by atoms with Crippen molar-refractivity contribution < 1.29 is 13.2 Å². The lowest BCUT2D eigenvalue weighted by molar-refractivity contribution is -0.137. The summed E-state index contributed by atoms with van der Waals surface area (Å²) in [4.78, 5) is 0. The lowest BCUT2D eigenvalue weighted by Gasteiger charge is -2.11. The minimum atomic E-state index is -4.24. The van der Waals surface area contributed by atoms with Gasteiger partial charge in [-0.3, -0.25) is 0 Å². The normalized spacial score (nSPS) is 11.8. The quantitative estimate of drug-likeness (QED) is 0.782. The first-order valence-electron chi connectivity index (χ1n) is 5.82. The topological polar surface area (TPSA) is 12.0 Å². The zero-order valence-corrected chi connectivity index (χ0v) is 10.2. The van der Waals surface area contributed by atoms with Gasteiger partial charge in [-0.05, 0) is 56.1 Å². The standard InChI is InChI=1S/C13H18F3N/c1-3-17-8-4-5-11-6-7-12(9-10(11)2)13(14,15)16/h6-7,9,17H,3-5,8H2,1-2H3. The van der Waals surface area contributed by atoms with Crippen molar-refractivity contribution in [2.45, 2.75) is 32.9 Å². The highest BCUT2D eigenvalue weighted by atomic mass is 19.4. The van der Waals surface area contributed by atoms with Gasteiger partial charge < -0.3 is 5.32 Å². The Hall–Kier alpha value is -1.03. The average Bonchev–Trinajstić information content (AvgIpc) is 2.24. The Morgan fingerprint density at radius 3 is 2.47 bits per heavy atom. The van der Waals surface area contributed by atoms with Crippen LogP contribution in [0.2, 0.25) is 0 Å². The van der Waals surface area contributed by atoms with Gasteiger partial charge in [0.05, 0.1) is 5.56 Å². The van der Waals surface area contributed by atoms with Crippen molar-refractivity contribution in [3.05, 3.63) is 34.9 Å². The van der Waals surface area contributed by atoms with Crippen LogP contribution >= 0.6 is 0 Å². The van der Waals surface area contributed by atoms with E-state index in [9.17, 15) is 13.2 Å². The maximum absolute atomic E-state index is 12.4. The molecule has 0 radical (unpaired) electrons. The molecule has 1 rings (SSSR count). The van der Waals surface area contributed by atoms with Gasteiger partial charge in [0.2, 0.25) is 0 Å². The van der Waals surface area contributed by atoms with E-state index in [-0.39, 0.29) is 0 Å². The highest BCUT2D eigenvalue weighted by molar-refractivity contribution is 5.32. The second-order valence-corrected chi connectivity index (χ2v) is 4.10. The van der Waals surface area contributed by atoms with Crippen molar-refractivity contribution in [2.24, 2.45) is 0 Å². The van der Waals surface area contributed by atoms with E-state index in [1.165, 1.54) is 6.07 Å². The largest absolute Gasteiger partial charge is 0.416 e. The molecule has 1 N–H and O–H groups in total. The summed E-state index contributed by atoms with van der Waals surface area (Å²) in [5.41, 5.74) is 1.15. The maximum atomic E-state index is 12.4. The smallest absolute Gasteiger partial charge is 0.317 e. The SMILES string of the molecule is CCNCCCc1ccc(C(F)(F)F)cc1C. The fourth-order valence-corrected chi connectivity index (χ4v) is 1.73. The van der Waals surface area contributed by atoms with Crippen LogP contribution in [0.15, 0.2) is 18.2 Å². The number of hydrogen-bond acceptors (Lipinski definition) is 1. The van der Waals surface area contributed by atoms with Crippen LogP contribution in [0.1, 0.15) is 30.0 Å². The molecule has 0 aliphatic carbocycles. The molecule has 0 spiro atoms. The summed E-state index contributed by atoms with van der Waals surface area (Å²) in [6.45, 7) is 5.59. The third-order valence-corrected chi connectivity index (χ3v) is 2.72. The molecule has 4 heteroatoms. The van der Waals surface area contributed by atoms with Crippen molar-refractivity contribution in [1.82, 2.24) is 5.32 Å². The molecule has 96 valence electrons. The Balaban J connectivity index is 2.64. The molecule has 0 saturated heterocycles. The van der Waals surface area contributed by atoms with E-state index < -0.39 is 11.7 Å². The molecule has 0 aliphatic rings. The van der Waals surface area contributed by atoms with Crippen LogP contribution in [0.4, 0.5) is 13.2 Å². The first kappa shape index (κ1) is 14.0. The van der Waals surface area contributed by atoms with Gasteiger partial charge in [-0.1, -0.05) is 13.0 Å². The van der Waals surface area contributed by atoms with Gasteiger partial charge in [0.1, 0.15) is 0 Å². The molecule has 1 nitrogen and oxygen atoms in total. The summed E-state index contributed by atoms with van der Waals surface area (Å²) in [6.07, 6.45) is -2.48. The van der Waals surface area contributed by atoms with E-state index in [0.717, 1.165) is 43.1 Å². The van der Waals surface area contributed by atoms with Gasteiger partial charge in [0.15, 0.2) is 0 Å². The molecule has 0 bridgehead atoms. The third kappa shape index (κ3) is 4.38.